The van der Waals surface area contributed by atoms with E-state index in [1.54, 1.807) is 4.90 Å². The van der Waals surface area contributed by atoms with E-state index in [0.717, 1.165) is 22.4 Å². The van der Waals surface area contributed by atoms with Crippen molar-refractivity contribution in [2.24, 2.45) is 0 Å². The molecule has 6 heteroatoms. The van der Waals surface area contributed by atoms with Crippen molar-refractivity contribution in [3.8, 4) is 0 Å². The molecule has 1 heterocycles. The molecule has 6 nitrogen and oxygen atoms in total. The summed E-state index contributed by atoms with van der Waals surface area (Å²) in [4.78, 5) is 30.7. The SMILES string of the molecule is COC1(C2c3ccccc3CN2C(=O)OC(C)(C)C)C(=O)C(c2ccccc2)=C1N(C)C. The van der Waals surface area contributed by atoms with E-state index in [-0.39, 0.29) is 5.78 Å². The fraction of sp³-hybridized carbons (Fsp3) is 0.385. The molecule has 168 valence electrons. The van der Waals surface area contributed by atoms with Crippen LogP contribution in [0.5, 0.6) is 0 Å². The van der Waals surface area contributed by atoms with Gasteiger partial charge in [-0.25, -0.2) is 4.79 Å². The first-order valence-electron chi connectivity index (χ1n) is 10.8. The van der Waals surface area contributed by atoms with E-state index >= 15 is 0 Å². The van der Waals surface area contributed by atoms with E-state index in [0.29, 0.717) is 12.1 Å². The topological polar surface area (TPSA) is 59.1 Å². The first-order chi connectivity index (χ1) is 15.1. The van der Waals surface area contributed by atoms with Crippen LogP contribution < -0.4 is 0 Å². The van der Waals surface area contributed by atoms with Gasteiger partial charge in [-0.1, -0.05) is 54.6 Å². The van der Waals surface area contributed by atoms with Crippen LogP contribution in [-0.2, 0) is 20.8 Å². The Kier molecular flexibility index (Phi) is 5.37. The van der Waals surface area contributed by atoms with Crippen LogP contribution in [0, 0.1) is 0 Å². The van der Waals surface area contributed by atoms with E-state index in [9.17, 15) is 9.59 Å². The Bertz CT molecular complexity index is 1080. The summed E-state index contributed by atoms with van der Waals surface area (Å²) in [5.41, 5.74) is 2.12. The number of ketones is 1. The van der Waals surface area contributed by atoms with Crippen molar-refractivity contribution < 1.29 is 19.1 Å². The predicted molar refractivity (Wildman–Crippen MR) is 123 cm³/mol. The second-order valence-electron chi connectivity index (χ2n) is 9.46. The highest BCUT2D eigenvalue weighted by Gasteiger charge is 2.64. The van der Waals surface area contributed by atoms with Gasteiger partial charge in [0.1, 0.15) is 11.6 Å². The summed E-state index contributed by atoms with van der Waals surface area (Å²) < 4.78 is 11.8. The Morgan fingerprint density at radius 3 is 2.28 bits per heavy atom. The molecule has 2 atom stereocenters. The average molecular weight is 435 g/mol. The Labute approximate surface area is 189 Å². The number of methoxy groups -OCH3 is 1. The number of likely N-dealkylation sites (N-methyl/N-ethyl adjacent to an activating group) is 1. The van der Waals surface area contributed by atoms with Gasteiger partial charge in [0.2, 0.25) is 5.78 Å². The zero-order valence-corrected chi connectivity index (χ0v) is 19.5. The molecular formula is C26H30N2O4. The number of hydrogen-bond acceptors (Lipinski definition) is 5. The number of benzene rings is 2. The van der Waals surface area contributed by atoms with Gasteiger partial charge in [-0.2, -0.15) is 0 Å². The molecule has 1 aliphatic heterocycles. The number of carbonyl (C=O) groups is 2. The largest absolute Gasteiger partial charge is 0.444 e. The molecular weight excluding hydrogens is 404 g/mol. The van der Waals surface area contributed by atoms with Crippen LogP contribution in [0.3, 0.4) is 0 Å². The second-order valence-corrected chi connectivity index (χ2v) is 9.46. The molecule has 2 aliphatic rings. The van der Waals surface area contributed by atoms with Crippen LogP contribution in [0.1, 0.15) is 43.5 Å². The molecule has 0 aromatic heterocycles. The smallest absolute Gasteiger partial charge is 0.411 e. The van der Waals surface area contributed by atoms with Gasteiger partial charge in [-0.05, 0) is 37.5 Å². The third-order valence-electron chi connectivity index (χ3n) is 6.00. The van der Waals surface area contributed by atoms with E-state index in [4.69, 9.17) is 9.47 Å². The van der Waals surface area contributed by atoms with Crippen molar-refractivity contribution >= 4 is 17.4 Å². The number of hydrogen-bond donors (Lipinski definition) is 0. The number of nitrogens with zero attached hydrogens (tertiary/aromatic N) is 2. The van der Waals surface area contributed by atoms with Crippen LogP contribution in [0.2, 0.25) is 0 Å². The maximum atomic E-state index is 13.9. The summed E-state index contributed by atoms with van der Waals surface area (Å²) in [5, 5.41) is 0. The highest BCUT2D eigenvalue weighted by atomic mass is 16.6. The summed E-state index contributed by atoms with van der Waals surface area (Å²) in [6, 6.07) is 16.8. The first-order valence-corrected chi connectivity index (χ1v) is 10.8. The zero-order chi connectivity index (χ0) is 23.3. The van der Waals surface area contributed by atoms with Gasteiger partial charge >= 0.3 is 6.09 Å². The van der Waals surface area contributed by atoms with Crippen molar-refractivity contribution in [3.63, 3.8) is 0 Å². The molecule has 0 saturated heterocycles. The number of rotatable bonds is 4. The number of carbonyl (C=O) groups excluding carboxylic acids is 2. The quantitative estimate of drug-likeness (QED) is 0.713. The Morgan fingerprint density at radius 1 is 1.06 bits per heavy atom. The Morgan fingerprint density at radius 2 is 1.69 bits per heavy atom. The number of amides is 1. The lowest BCUT2D eigenvalue weighted by Gasteiger charge is -2.51. The molecule has 2 aromatic rings. The highest BCUT2D eigenvalue weighted by Crippen LogP contribution is 2.55. The molecule has 2 aromatic carbocycles. The summed E-state index contributed by atoms with van der Waals surface area (Å²) in [7, 11) is 5.34. The zero-order valence-electron chi connectivity index (χ0n) is 19.5. The fourth-order valence-corrected chi connectivity index (χ4v) is 4.82. The molecule has 0 spiro atoms. The van der Waals surface area contributed by atoms with Gasteiger partial charge in [0, 0.05) is 21.2 Å². The van der Waals surface area contributed by atoms with E-state index in [1.807, 2.05) is 94.4 Å². The predicted octanol–water partition coefficient (Wildman–Crippen LogP) is 4.42. The molecule has 32 heavy (non-hydrogen) atoms. The van der Waals surface area contributed by atoms with Crippen molar-refractivity contribution in [3.05, 3.63) is 77.0 Å². The van der Waals surface area contributed by atoms with Crippen LogP contribution in [0.4, 0.5) is 4.79 Å². The van der Waals surface area contributed by atoms with Crippen molar-refractivity contribution in [1.29, 1.82) is 0 Å². The van der Waals surface area contributed by atoms with Crippen LogP contribution in [0.25, 0.3) is 5.57 Å². The van der Waals surface area contributed by atoms with Crippen molar-refractivity contribution in [2.75, 3.05) is 21.2 Å². The van der Waals surface area contributed by atoms with Crippen molar-refractivity contribution in [1.82, 2.24) is 9.80 Å². The van der Waals surface area contributed by atoms with Gasteiger partial charge in [0.05, 0.1) is 17.8 Å². The van der Waals surface area contributed by atoms with Gasteiger partial charge in [-0.15, -0.1) is 0 Å². The third-order valence-corrected chi connectivity index (χ3v) is 6.00. The van der Waals surface area contributed by atoms with Crippen LogP contribution in [-0.4, -0.2) is 54.1 Å². The standard InChI is InChI=1S/C26H30N2O4/c1-25(2,3)32-24(30)28-16-18-14-10-11-15-19(18)21(28)26(31-6)22(27(4)5)20(23(26)29)17-12-8-7-9-13-17/h7-15,21H,16H2,1-6H3. The summed E-state index contributed by atoms with van der Waals surface area (Å²) in [6.07, 6.45) is -0.464. The highest BCUT2D eigenvalue weighted by molar-refractivity contribution is 6.34. The lowest BCUT2D eigenvalue weighted by atomic mass is 9.67. The molecule has 0 fully saturated rings. The summed E-state index contributed by atoms with van der Waals surface area (Å²) >= 11 is 0. The van der Waals surface area contributed by atoms with Gasteiger partial charge in [-0.3, -0.25) is 9.69 Å². The van der Waals surface area contributed by atoms with Gasteiger partial charge in [0.15, 0.2) is 5.60 Å². The molecule has 0 bridgehead atoms. The Hall–Kier alpha value is -3.12. The van der Waals surface area contributed by atoms with E-state index in [2.05, 4.69) is 0 Å². The number of ether oxygens (including phenoxy) is 2. The lowest BCUT2D eigenvalue weighted by molar-refractivity contribution is -0.145. The molecule has 2 unspecified atom stereocenters. The molecule has 4 rings (SSSR count). The summed E-state index contributed by atoms with van der Waals surface area (Å²) in [6.45, 7) is 5.86. The number of Topliss-reactive ketones (excluding diaryl/α,β-unsaturated/α-hetero) is 1. The summed E-state index contributed by atoms with van der Waals surface area (Å²) in [5.74, 6) is -0.134. The van der Waals surface area contributed by atoms with Gasteiger partial charge in [0.25, 0.3) is 0 Å². The normalized spacial score (nSPS) is 22.5. The molecule has 0 saturated carbocycles. The minimum Gasteiger partial charge on any atom is -0.444 e. The minimum atomic E-state index is -1.32. The van der Waals surface area contributed by atoms with E-state index < -0.39 is 23.3 Å². The van der Waals surface area contributed by atoms with Crippen molar-refractivity contribution in [2.45, 2.75) is 44.6 Å². The molecule has 0 radical (unpaired) electrons. The monoisotopic (exact) mass is 434 g/mol. The lowest BCUT2D eigenvalue weighted by Crippen LogP contribution is -2.62. The minimum absolute atomic E-state index is 0.134. The number of fused-ring (bicyclic) bond motifs is 1. The van der Waals surface area contributed by atoms with Crippen LogP contribution >= 0.6 is 0 Å². The molecule has 0 N–H and O–H groups in total. The first kappa shape index (κ1) is 22.1. The maximum absolute atomic E-state index is 13.9. The molecule has 1 aliphatic carbocycles. The fourth-order valence-electron chi connectivity index (χ4n) is 4.82. The average Bonchev–Trinajstić information content (AvgIpc) is 3.12. The van der Waals surface area contributed by atoms with Gasteiger partial charge < -0.3 is 14.4 Å². The van der Waals surface area contributed by atoms with Crippen LogP contribution in [0.15, 0.2) is 60.3 Å². The molecule has 1 amide bonds. The Balaban J connectivity index is 1.90. The third kappa shape index (κ3) is 3.30. The second kappa shape index (κ2) is 7.78. The van der Waals surface area contributed by atoms with E-state index in [1.165, 1.54) is 7.11 Å². The maximum Gasteiger partial charge on any atom is 0.411 e.